The predicted octanol–water partition coefficient (Wildman–Crippen LogP) is 4.30. The largest absolute Gasteiger partial charge is 0.351 e. The van der Waals surface area contributed by atoms with Crippen molar-refractivity contribution in [2.24, 2.45) is 0 Å². The van der Waals surface area contributed by atoms with Gasteiger partial charge in [-0.1, -0.05) is 35.9 Å². The van der Waals surface area contributed by atoms with Crippen LogP contribution in [0.2, 0.25) is 5.02 Å². The lowest BCUT2D eigenvalue weighted by Crippen LogP contribution is -2.24. The number of fused-ring (bicyclic) bond motifs is 1. The average molecular weight is 343 g/mol. The third-order valence-corrected chi connectivity index (χ3v) is 4.79. The van der Waals surface area contributed by atoms with Crippen LogP contribution >= 0.6 is 23.4 Å². The van der Waals surface area contributed by atoms with Crippen LogP contribution in [-0.2, 0) is 11.3 Å². The molecule has 23 heavy (non-hydrogen) atoms. The van der Waals surface area contributed by atoms with Crippen molar-refractivity contribution in [1.29, 1.82) is 0 Å². The number of nitrogens with one attached hydrogen (secondary N) is 1. The van der Waals surface area contributed by atoms with Crippen LogP contribution < -0.4 is 5.32 Å². The van der Waals surface area contributed by atoms with Crippen molar-refractivity contribution < 1.29 is 4.79 Å². The molecule has 1 aromatic heterocycles. The first-order chi connectivity index (χ1) is 11.2. The molecule has 0 atom stereocenters. The minimum Gasteiger partial charge on any atom is -0.351 e. The highest BCUT2D eigenvalue weighted by Gasteiger charge is 2.08. The number of hydrogen-bond acceptors (Lipinski definition) is 3. The molecular weight excluding hydrogens is 328 g/mol. The van der Waals surface area contributed by atoms with Gasteiger partial charge in [0.25, 0.3) is 0 Å². The fraction of sp³-hybridized carbons (Fsp3) is 0.111. The first kappa shape index (κ1) is 15.8. The molecule has 1 N–H and O–H groups in total. The number of halogens is 1. The lowest BCUT2D eigenvalue weighted by Gasteiger charge is -2.08. The van der Waals surface area contributed by atoms with Crippen LogP contribution in [0.5, 0.6) is 0 Å². The van der Waals surface area contributed by atoms with Crippen LogP contribution in [0.3, 0.4) is 0 Å². The first-order valence-corrected chi connectivity index (χ1v) is 8.56. The minimum atomic E-state index is -0.00383. The van der Waals surface area contributed by atoms with Crippen LogP contribution in [0.15, 0.2) is 65.8 Å². The van der Waals surface area contributed by atoms with Crippen molar-refractivity contribution in [1.82, 2.24) is 10.3 Å². The summed E-state index contributed by atoms with van der Waals surface area (Å²) in [6.45, 7) is 0.512. The Morgan fingerprint density at radius 2 is 1.83 bits per heavy atom. The topological polar surface area (TPSA) is 42.0 Å². The van der Waals surface area contributed by atoms with E-state index >= 15 is 0 Å². The zero-order valence-corrected chi connectivity index (χ0v) is 13.9. The van der Waals surface area contributed by atoms with Crippen molar-refractivity contribution in [2.75, 3.05) is 5.75 Å². The molecule has 3 rings (SSSR count). The summed E-state index contributed by atoms with van der Waals surface area (Å²) < 4.78 is 0. The molecule has 0 saturated heterocycles. The van der Waals surface area contributed by atoms with Crippen LogP contribution in [0.4, 0.5) is 0 Å². The van der Waals surface area contributed by atoms with Gasteiger partial charge >= 0.3 is 0 Å². The molecule has 0 unspecified atom stereocenters. The van der Waals surface area contributed by atoms with E-state index < -0.39 is 0 Å². The van der Waals surface area contributed by atoms with Crippen molar-refractivity contribution in [3.8, 4) is 0 Å². The summed E-state index contributed by atoms with van der Waals surface area (Å²) in [7, 11) is 0. The summed E-state index contributed by atoms with van der Waals surface area (Å²) in [6, 6.07) is 15.6. The molecule has 1 amide bonds. The third-order valence-electron chi connectivity index (χ3n) is 3.41. The average Bonchev–Trinajstić information content (AvgIpc) is 2.59. The molecule has 3 nitrogen and oxygen atoms in total. The number of thioether (sulfide) groups is 1. The van der Waals surface area contributed by atoms with Gasteiger partial charge in [-0.3, -0.25) is 9.78 Å². The second-order valence-corrected chi connectivity index (χ2v) is 6.44. The van der Waals surface area contributed by atoms with Gasteiger partial charge in [-0.25, -0.2) is 0 Å². The van der Waals surface area contributed by atoms with Gasteiger partial charge in [-0.15, -0.1) is 11.8 Å². The number of benzene rings is 2. The van der Waals surface area contributed by atoms with Crippen molar-refractivity contribution >= 4 is 40.0 Å². The van der Waals surface area contributed by atoms with Gasteiger partial charge < -0.3 is 5.32 Å². The summed E-state index contributed by atoms with van der Waals surface area (Å²) in [6.07, 6.45) is 3.43. The molecule has 1 heterocycles. The smallest absolute Gasteiger partial charge is 0.230 e. The number of carbonyl (C=O) groups excluding carboxylic acids is 1. The summed E-state index contributed by atoms with van der Waals surface area (Å²) >= 11 is 7.80. The Kier molecular flexibility index (Phi) is 5.16. The maximum atomic E-state index is 12.0. The Bertz CT molecular complexity index is 818. The highest BCUT2D eigenvalue weighted by atomic mass is 35.5. The molecule has 116 valence electrons. The Morgan fingerprint density at radius 3 is 2.61 bits per heavy atom. The predicted molar refractivity (Wildman–Crippen MR) is 95.8 cm³/mol. The molecule has 0 bridgehead atoms. The van der Waals surface area contributed by atoms with Crippen LogP contribution in [0, 0.1) is 0 Å². The molecule has 0 aliphatic heterocycles. The van der Waals surface area contributed by atoms with E-state index in [1.54, 1.807) is 12.4 Å². The zero-order chi connectivity index (χ0) is 16.1. The fourth-order valence-electron chi connectivity index (χ4n) is 2.28. The number of hydrogen-bond donors (Lipinski definition) is 1. The van der Waals surface area contributed by atoms with E-state index in [-0.39, 0.29) is 5.91 Å². The first-order valence-electron chi connectivity index (χ1n) is 7.20. The van der Waals surface area contributed by atoms with E-state index in [1.807, 2.05) is 48.5 Å². The quantitative estimate of drug-likeness (QED) is 0.703. The van der Waals surface area contributed by atoms with Crippen LogP contribution in [-0.4, -0.2) is 16.6 Å². The molecule has 0 saturated carbocycles. The van der Waals surface area contributed by atoms with Crippen molar-refractivity contribution in [3.05, 3.63) is 71.5 Å². The molecule has 0 aliphatic carbocycles. The molecule has 2 aromatic carbocycles. The van der Waals surface area contributed by atoms with E-state index in [0.29, 0.717) is 17.3 Å². The highest BCUT2D eigenvalue weighted by Crippen LogP contribution is 2.32. The molecule has 5 heteroatoms. The fourth-order valence-corrected chi connectivity index (χ4v) is 3.55. The van der Waals surface area contributed by atoms with Gasteiger partial charge in [-0.2, -0.15) is 0 Å². The zero-order valence-electron chi connectivity index (χ0n) is 12.3. The molecule has 0 fully saturated rings. The molecule has 3 aromatic rings. The number of aromatic nitrogens is 1. The van der Waals surface area contributed by atoms with Gasteiger partial charge in [0.15, 0.2) is 0 Å². The van der Waals surface area contributed by atoms with E-state index in [0.717, 1.165) is 21.2 Å². The number of pyridine rings is 1. The second kappa shape index (κ2) is 7.49. The minimum absolute atomic E-state index is 0.00383. The summed E-state index contributed by atoms with van der Waals surface area (Å²) in [4.78, 5) is 17.0. The second-order valence-electron chi connectivity index (χ2n) is 5.01. The van der Waals surface area contributed by atoms with Crippen LogP contribution in [0.1, 0.15) is 5.56 Å². The van der Waals surface area contributed by atoms with Gasteiger partial charge in [-0.05, 0) is 35.2 Å². The number of carbonyl (C=O) groups is 1. The number of nitrogens with zero attached hydrogens (tertiary/aromatic N) is 1. The molecule has 0 spiro atoms. The van der Waals surface area contributed by atoms with E-state index in [4.69, 9.17) is 11.6 Å². The number of rotatable bonds is 5. The Labute approximate surface area is 144 Å². The van der Waals surface area contributed by atoms with Gasteiger partial charge in [0, 0.05) is 34.2 Å². The van der Waals surface area contributed by atoms with Gasteiger partial charge in [0.05, 0.1) is 5.75 Å². The lowest BCUT2D eigenvalue weighted by atomic mass is 10.1. The highest BCUT2D eigenvalue weighted by molar-refractivity contribution is 8.00. The SMILES string of the molecule is O=C(CSc1cccc2cccc(Cl)c12)NCc1ccncc1. The van der Waals surface area contributed by atoms with E-state index in [2.05, 4.69) is 10.3 Å². The monoisotopic (exact) mass is 342 g/mol. The third kappa shape index (κ3) is 4.03. The maximum absolute atomic E-state index is 12.0. The van der Waals surface area contributed by atoms with Crippen molar-refractivity contribution in [2.45, 2.75) is 11.4 Å². The number of amides is 1. The Balaban J connectivity index is 1.63. The van der Waals surface area contributed by atoms with Crippen molar-refractivity contribution in [3.63, 3.8) is 0 Å². The van der Waals surface area contributed by atoms with Gasteiger partial charge in [0.1, 0.15) is 0 Å². The summed E-state index contributed by atoms with van der Waals surface area (Å²) in [5.41, 5.74) is 1.03. The van der Waals surface area contributed by atoms with Crippen LogP contribution in [0.25, 0.3) is 10.8 Å². The Morgan fingerprint density at radius 1 is 1.09 bits per heavy atom. The van der Waals surface area contributed by atoms with Gasteiger partial charge in [0.2, 0.25) is 5.91 Å². The summed E-state index contributed by atoms with van der Waals surface area (Å²) in [5.74, 6) is 0.353. The Hall–Kier alpha value is -2.04. The molecule has 0 radical (unpaired) electrons. The lowest BCUT2D eigenvalue weighted by molar-refractivity contribution is -0.118. The molecule has 0 aliphatic rings. The van der Waals surface area contributed by atoms with E-state index in [1.165, 1.54) is 11.8 Å². The normalized spacial score (nSPS) is 10.7. The maximum Gasteiger partial charge on any atom is 0.230 e. The standard InChI is InChI=1S/C18H15ClN2OS/c19-15-5-1-3-14-4-2-6-16(18(14)15)23-12-17(22)21-11-13-7-9-20-10-8-13/h1-10H,11-12H2,(H,21,22). The summed E-state index contributed by atoms with van der Waals surface area (Å²) in [5, 5.41) is 5.71. The van der Waals surface area contributed by atoms with E-state index in [9.17, 15) is 4.79 Å². The molecular formula is C18H15ClN2OS.